The van der Waals surface area contributed by atoms with Crippen molar-refractivity contribution in [1.29, 1.82) is 0 Å². The van der Waals surface area contributed by atoms with Gasteiger partial charge in [-0.05, 0) is 41.7 Å². The van der Waals surface area contributed by atoms with Crippen LogP contribution in [0.1, 0.15) is 31.2 Å². The van der Waals surface area contributed by atoms with E-state index in [1.54, 1.807) is 11.3 Å². The molecule has 5 heteroatoms. The lowest BCUT2D eigenvalue weighted by Crippen LogP contribution is -2.03. The standard InChI is InChI=1S/C10H16O3S2/c11-15(12,13)8-4-2-1-3-5-10-6-7-14-9-10/h6-7,9H,1-5,8H2,(H,11,12,13). The van der Waals surface area contributed by atoms with Crippen LogP contribution in [-0.4, -0.2) is 18.7 Å². The zero-order valence-electron chi connectivity index (χ0n) is 8.55. The highest BCUT2D eigenvalue weighted by molar-refractivity contribution is 7.85. The average molecular weight is 248 g/mol. The van der Waals surface area contributed by atoms with Gasteiger partial charge < -0.3 is 0 Å². The van der Waals surface area contributed by atoms with Crippen LogP contribution >= 0.6 is 11.3 Å². The van der Waals surface area contributed by atoms with Crippen molar-refractivity contribution in [3.63, 3.8) is 0 Å². The van der Waals surface area contributed by atoms with Gasteiger partial charge in [0.1, 0.15) is 0 Å². The molecule has 3 nitrogen and oxygen atoms in total. The fourth-order valence-electron chi connectivity index (χ4n) is 1.40. The van der Waals surface area contributed by atoms with E-state index in [-0.39, 0.29) is 5.75 Å². The summed E-state index contributed by atoms with van der Waals surface area (Å²) in [6, 6.07) is 2.11. The third kappa shape index (κ3) is 6.65. The van der Waals surface area contributed by atoms with Gasteiger partial charge in [0, 0.05) is 0 Å². The molecule has 1 N–H and O–H groups in total. The molecule has 0 saturated heterocycles. The van der Waals surface area contributed by atoms with Crippen molar-refractivity contribution >= 4 is 21.5 Å². The number of hydrogen-bond donors (Lipinski definition) is 1. The fourth-order valence-corrected chi connectivity index (χ4v) is 2.67. The molecule has 1 aromatic heterocycles. The molecule has 15 heavy (non-hydrogen) atoms. The molecule has 86 valence electrons. The summed E-state index contributed by atoms with van der Waals surface area (Å²) in [4.78, 5) is 0. The molecule has 1 heterocycles. The molecule has 0 aliphatic carbocycles. The van der Waals surface area contributed by atoms with Gasteiger partial charge >= 0.3 is 0 Å². The van der Waals surface area contributed by atoms with Gasteiger partial charge in [-0.25, -0.2) is 0 Å². The fraction of sp³-hybridized carbons (Fsp3) is 0.600. The van der Waals surface area contributed by atoms with Crippen molar-refractivity contribution in [2.75, 3.05) is 5.75 Å². The minimum Gasteiger partial charge on any atom is -0.286 e. The molecule has 0 aliphatic rings. The third-order valence-corrected chi connectivity index (χ3v) is 3.73. The molecule has 0 aromatic carbocycles. The lowest BCUT2D eigenvalue weighted by atomic mass is 10.1. The predicted molar refractivity (Wildman–Crippen MR) is 62.9 cm³/mol. The molecule has 0 radical (unpaired) electrons. The molecule has 0 bridgehead atoms. The van der Waals surface area contributed by atoms with E-state index in [2.05, 4.69) is 16.8 Å². The Morgan fingerprint density at radius 1 is 1.20 bits per heavy atom. The van der Waals surface area contributed by atoms with Crippen LogP contribution in [0.5, 0.6) is 0 Å². The molecule has 0 unspecified atom stereocenters. The van der Waals surface area contributed by atoms with Crippen LogP contribution in [-0.2, 0) is 16.5 Å². The first-order valence-electron chi connectivity index (χ1n) is 5.04. The normalized spacial score (nSPS) is 11.8. The second kappa shape index (κ2) is 6.25. The summed E-state index contributed by atoms with van der Waals surface area (Å²) in [5.41, 5.74) is 1.36. The van der Waals surface area contributed by atoms with Gasteiger partial charge in [-0.1, -0.05) is 12.8 Å². The molecular formula is C10H16O3S2. The summed E-state index contributed by atoms with van der Waals surface area (Å²) in [5.74, 6) is -0.106. The minimum absolute atomic E-state index is 0.106. The lowest BCUT2D eigenvalue weighted by molar-refractivity contribution is 0.479. The minimum atomic E-state index is -3.75. The smallest absolute Gasteiger partial charge is 0.264 e. The van der Waals surface area contributed by atoms with E-state index in [0.29, 0.717) is 6.42 Å². The van der Waals surface area contributed by atoms with Crippen LogP contribution in [0, 0.1) is 0 Å². The highest BCUT2D eigenvalue weighted by Crippen LogP contribution is 2.11. The van der Waals surface area contributed by atoms with Gasteiger partial charge in [-0.15, -0.1) is 0 Å². The molecule has 0 spiro atoms. The zero-order valence-corrected chi connectivity index (χ0v) is 10.2. The van der Waals surface area contributed by atoms with Gasteiger partial charge in [-0.2, -0.15) is 19.8 Å². The van der Waals surface area contributed by atoms with Crippen LogP contribution in [0.4, 0.5) is 0 Å². The predicted octanol–water partition coefficient (Wildman–Crippen LogP) is 2.74. The Balaban J connectivity index is 1.99. The van der Waals surface area contributed by atoms with E-state index in [0.717, 1.165) is 25.7 Å². The lowest BCUT2D eigenvalue weighted by Gasteiger charge is -1.99. The van der Waals surface area contributed by atoms with Crippen LogP contribution in [0.3, 0.4) is 0 Å². The van der Waals surface area contributed by atoms with Crippen LogP contribution in [0.15, 0.2) is 16.8 Å². The van der Waals surface area contributed by atoms with E-state index in [1.165, 1.54) is 5.56 Å². The van der Waals surface area contributed by atoms with E-state index >= 15 is 0 Å². The SMILES string of the molecule is O=S(=O)(O)CCCCCCc1ccsc1. The van der Waals surface area contributed by atoms with Gasteiger partial charge in [-0.3, -0.25) is 4.55 Å². The number of hydrogen-bond acceptors (Lipinski definition) is 3. The van der Waals surface area contributed by atoms with Crippen molar-refractivity contribution in [2.24, 2.45) is 0 Å². The Morgan fingerprint density at radius 3 is 2.53 bits per heavy atom. The summed E-state index contributed by atoms with van der Waals surface area (Å²) >= 11 is 1.70. The molecule has 1 aromatic rings. The summed E-state index contributed by atoms with van der Waals surface area (Å²) in [6.07, 6.45) is 4.59. The van der Waals surface area contributed by atoms with E-state index in [4.69, 9.17) is 4.55 Å². The Bertz CT molecular complexity index is 354. The number of unbranched alkanes of at least 4 members (excludes halogenated alkanes) is 3. The first kappa shape index (κ1) is 12.7. The average Bonchev–Trinajstić information content (AvgIpc) is 2.61. The monoisotopic (exact) mass is 248 g/mol. The quantitative estimate of drug-likeness (QED) is 0.596. The highest BCUT2D eigenvalue weighted by Gasteiger charge is 2.02. The van der Waals surface area contributed by atoms with Gasteiger partial charge in [0.25, 0.3) is 10.1 Å². The van der Waals surface area contributed by atoms with Crippen LogP contribution < -0.4 is 0 Å². The third-order valence-electron chi connectivity index (χ3n) is 2.20. The van der Waals surface area contributed by atoms with Crippen molar-refractivity contribution in [3.8, 4) is 0 Å². The maximum Gasteiger partial charge on any atom is 0.264 e. The van der Waals surface area contributed by atoms with Crippen LogP contribution in [0.25, 0.3) is 0 Å². The molecule has 1 rings (SSSR count). The summed E-state index contributed by atoms with van der Waals surface area (Å²) < 4.78 is 29.3. The zero-order chi connectivity index (χ0) is 11.1. The highest BCUT2D eigenvalue weighted by atomic mass is 32.2. The van der Waals surface area contributed by atoms with Gasteiger partial charge in [0.05, 0.1) is 5.75 Å². The first-order chi connectivity index (χ1) is 7.08. The molecule has 0 saturated carbocycles. The molecule has 0 atom stereocenters. The Labute approximate surface area is 94.9 Å². The summed E-state index contributed by atoms with van der Waals surface area (Å²) in [7, 11) is -3.75. The van der Waals surface area contributed by atoms with E-state index < -0.39 is 10.1 Å². The first-order valence-corrected chi connectivity index (χ1v) is 7.59. The van der Waals surface area contributed by atoms with Gasteiger partial charge in [0.15, 0.2) is 0 Å². The van der Waals surface area contributed by atoms with E-state index in [1.807, 2.05) is 0 Å². The van der Waals surface area contributed by atoms with E-state index in [9.17, 15) is 8.42 Å². The number of aryl methyl sites for hydroxylation is 1. The molecule has 0 amide bonds. The van der Waals surface area contributed by atoms with Crippen molar-refractivity contribution in [3.05, 3.63) is 22.4 Å². The topological polar surface area (TPSA) is 54.4 Å². The van der Waals surface area contributed by atoms with Crippen molar-refractivity contribution in [2.45, 2.75) is 32.1 Å². The van der Waals surface area contributed by atoms with Crippen LogP contribution in [0.2, 0.25) is 0 Å². The maximum atomic E-state index is 10.4. The maximum absolute atomic E-state index is 10.4. The van der Waals surface area contributed by atoms with Crippen molar-refractivity contribution in [1.82, 2.24) is 0 Å². The Morgan fingerprint density at radius 2 is 1.93 bits per heavy atom. The second-order valence-corrected chi connectivity index (χ2v) is 5.93. The molecule has 0 fully saturated rings. The summed E-state index contributed by atoms with van der Waals surface area (Å²) in [6.45, 7) is 0. The molecular weight excluding hydrogens is 232 g/mol. The largest absolute Gasteiger partial charge is 0.286 e. The molecule has 0 aliphatic heterocycles. The Kier molecular flexibility index (Phi) is 5.28. The Hall–Kier alpha value is -0.390. The van der Waals surface area contributed by atoms with Gasteiger partial charge in [0.2, 0.25) is 0 Å². The second-order valence-electron chi connectivity index (χ2n) is 3.58. The van der Waals surface area contributed by atoms with Crippen molar-refractivity contribution < 1.29 is 13.0 Å². The number of thiophene rings is 1. The summed E-state index contributed by atoms with van der Waals surface area (Å²) in [5, 5.41) is 4.20. The number of rotatable bonds is 7.